The molecule has 1 fully saturated rings. The monoisotopic (exact) mass is 346 g/mol. The van der Waals surface area contributed by atoms with E-state index in [0.29, 0.717) is 32.7 Å². The van der Waals surface area contributed by atoms with E-state index in [1.54, 1.807) is 16.2 Å². The number of ether oxygens (including phenoxy) is 1. The van der Waals surface area contributed by atoms with Crippen molar-refractivity contribution in [3.63, 3.8) is 0 Å². The van der Waals surface area contributed by atoms with Gasteiger partial charge >= 0.3 is 6.03 Å². The van der Waals surface area contributed by atoms with Crippen LogP contribution in [-0.4, -0.2) is 41.8 Å². The lowest BCUT2D eigenvalue weighted by atomic mass is 10.0. The van der Waals surface area contributed by atoms with Crippen molar-refractivity contribution < 1.29 is 14.6 Å². The Morgan fingerprint density at radius 3 is 2.92 bits per heavy atom. The predicted molar refractivity (Wildman–Crippen MR) is 93.9 cm³/mol. The number of carbonyl (C=O) groups is 1. The molecular formula is C18H22N2O3S. The SMILES string of the molecule is O=C(NCc1cccs1)N1CCOCC1CC(O)c1ccccc1. The molecule has 2 heterocycles. The summed E-state index contributed by atoms with van der Waals surface area (Å²) in [6, 6.07) is 13.3. The second-order valence-electron chi connectivity index (χ2n) is 5.82. The Hall–Kier alpha value is -1.89. The van der Waals surface area contributed by atoms with E-state index >= 15 is 0 Å². The number of benzene rings is 1. The number of nitrogens with one attached hydrogen (secondary N) is 1. The van der Waals surface area contributed by atoms with Gasteiger partial charge in [-0.05, 0) is 17.0 Å². The fraction of sp³-hybridized carbons (Fsp3) is 0.389. The molecule has 128 valence electrons. The first-order valence-corrected chi connectivity index (χ1v) is 8.99. The number of rotatable bonds is 5. The first kappa shape index (κ1) is 17.0. The topological polar surface area (TPSA) is 61.8 Å². The molecule has 6 heteroatoms. The van der Waals surface area contributed by atoms with Gasteiger partial charge in [0, 0.05) is 17.8 Å². The number of urea groups is 1. The zero-order valence-corrected chi connectivity index (χ0v) is 14.2. The summed E-state index contributed by atoms with van der Waals surface area (Å²) in [6.45, 7) is 2.06. The van der Waals surface area contributed by atoms with Crippen LogP contribution in [0, 0.1) is 0 Å². The molecule has 0 radical (unpaired) electrons. The summed E-state index contributed by atoms with van der Waals surface area (Å²) >= 11 is 1.62. The van der Waals surface area contributed by atoms with Gasteiger partial charge in [0.15, 0.2) is 0 Å². The Bertz CT molecular complexity index is 633. The molecule has 24 heavy (non-hydrogen) atoms. The lowest BCUT2D eigenvalue weighted by Gasteiger charge is -2.36. The Morgan fingerprint density at radius 2 is 2.17 bits per heavy atom. The Labute approximate surface area is 145 Å². The van der Waals surface area contributed by atoms with E-state index in [2.05, 4.69) is 5.32 Å². The molecule has 0 aliphatic carbocycles. The van der Waals surface area contributed by atoms with Crippen molar-refractivity contribution in [1.82, 2.24) is 10.2 Å². The van der Waals surface area contributed by atoms with Crippen LogP contribution in [0.3, 0.4) is 0 Å². The zero-order chi connectivity index (χ0) is 16.8. The highest BCUT2D eigenvalue weighted by Crippen LogP contribution is 2.22. The molecule has 2 aromatic rings. The number of hydrogen-bond donors (Lipinski definition) is 2. The highest BCUT2D eigenvalue weighted by Gasteiger charge is 2.29. The van der Waals surface area contributed by atoms with Crippen molar-refractivity contribution in [2.75, 3.05) is 19.8 Å². The molecule has 0 spiro atoms. The first-order valence-electron chi connectivity index (χ1n) is 8.11. The molecule has 2 amide bonds. The average molecular weight is 346 g/mol. The summed E-state index contributed by atoms with van der Waals surface area (Å²) in [5.74, 6) is 0. The number of thiophene rings is 1. The van der Waals surface area contributed by atoms with Gasteiger partial charge in [-0.3, -0.25) is 0 Å². The fourth-order valence-corrected chi connectivity index (χ4v) is 3.51. The molecule has 1 aromatic heterocycles. The van der Waals surface area contributed by atoms with Crippen LogP contribution in [0.2, 0.25) is 0 Å². The van der Waals surface area contributed by atoms with Gasteiger partial charge in [-0.1, -0.05) is 36.4 Å². The van der Waals surface area contributed by atoms with E-state index < -0.39 is 6.10 Å². The van der Waals surface area contributed by atoms with Crippen LogP contribution in [0.15, 0.2) is 47.8 Å². The van der Waals surface area contributed by atoms with E-state index in [-0.39, 0.29) is 12.1 Å². The van der Waals surface area contributed by atoms with Gasteiger partial charge in [-0.2, -0.15) is 0 Å². The number of aliphatic hydroxyl groups excluding tert-OH is 1. The number of nitrogens with zero attached hydrogens (tertiary/aromatic N) is 1. The summed E-state index contributed by atoms with van der Waals surface area (Å²) in [7, 11) is 0. The van der Waals surface area contributed by atoms with E-state index in [1.807, 2.05) is 47.8 Å². The Morgan fingerprint density at radius 1 is 1.33 bits per heavy atom. The van der Waals surface area contributed by atoms with Gasteiger partial charge in [-0.25, -0.2) is 4.79 Å². The molecule has 0 bridgehead atoms. The third-order valence-corrected chi connectivity index (χ3v) is 5.04. The van der Waals surface area contributed by atoms with Crippen molar-refractivity contribution in [2.45, 2.75) is 25.1 Å². The molecule has 3 rings (SSSR count). The number of morpholine rings is 1. The lowest BCUT2D eigenvalue weighted by molar-refractivity contribution is -0.00697. The normalized spacial score (nSPS) is 19.0. The van der Waals surface area contributed by atoms with Crippen molar-refractivity contribution in [3.8, 4) is 0 Å². The summed E-state index contributed by atoms with van der Waals surface area (Å²) in [5.41, 5.74) is 0.863. The molecule has 2 N–H and O–H groups in total. The van der Waals surface area contributed by atoms with Crippen molar-refractivity contribution in [2.24, 2.45) is 0 Å². The lowest BCUT2D eigenvalue weighted by Crippen LogP contribution is -2.52. The summed E-state index contributed by atoms with van der Waals surface area (Å²) < 4.78 is 5.52. The predicted octanol–water partition coefficient (Wildman–Crippen LogP) is 2.78. The second kappa shape index (κ2) is 8.28. The van der Waals surface area contributed by atoms with E-state index in [9.17, 15) is 9.90 Å². The minimum Gasteiger partial charge on any atom is -0.388 e. The van der Waals surface area contributed by atoms with Crippen LogP contribution >= 0.6 is 11.3 Å². The average Bonchev–Trinajstić information content (AvgIpc) is 3.14. The number of amides is 2. The van der Waals surface area contributed by atoms with Crippen molar-refractivity contribution in [1.29, 1.82) is 0 Å². The van der Waals surface area contributed by atoms with E-state index in [0.717, 1.165) is 10.4 Å². The second-order valence-corrected chi connectivity index (χ2v) is 6.85. The van der Waals surface area contributed by atoms with Crippen LogP contribution in [0.5, 0.6) is 0 Å². The van der Waals surface area contributed by atoms with Gasteiger partial charge in [0.25, 0.3) is 0 Å². The van der Waals surface area contributed by atoms with Crippen LogP contribution in [0.4, 0.5) is 4.79 Å². The van der Waals surface area contributed by atoms with Crippen molar-refractivity contribution in [3.05, 3.63) is 58.3 Å². The van der Waals surface area contributed by atoms with Crippen LogP contribution in [0.1, 0.15) is 23.0 Å². The van der Waals surface area contributed by atoms with Gasteiger partial charge in [0.05, 0.1) is 31.9 Å². The quantitative estimate of drug-likeness (QED) is 0.875. The molecule has 1 saturated heterocycles. The maximum Gasteiger partial charge on any atom is 0.318 e. The third-order valence-electron chi connectivity index (χ3n) is 4.16. The number of aliphatic hydroxyl groups is 1. The van der Waals surface area contributed by atoms with Crippen molar-refractivity contribution >= 4 is 17.4 Å². The molecule has 2 atom stereocenters. The number of carbonyl (C=O) groups excluding carboxylic acids is 1. The first-order chi connectivity index (χ1) is 11.7. The summed E-state index contributed by atoms with van der Waals surface area (Å²) in [4.78, 5) is 15.4. The molecular weight excluding hydrogens is 324 g/mol. The fourth-order valence-electron chi connectivity index (χ4n) is 2.86. The molecule has 0 saturated carbocycles. The van der Waals surface area contributed by atoms with Crippen LogP contribution in [0.25, 0.3) is 0 Å². The third kappa shape index (κ3) is 4.35. The molecule has 1 aromatic carbocycles. The highest BCUT2D eigenvalue weighted by molar-refractivity contribution is 7.09. The highest BCUT2D eigenvalue weighted by atomic mass is 32.1. The largest absolute Gasteiger partial charge is 0.388 e. The standard InChI is InChI=1S/C18H22N2O3S/c21-17(14-5-2-1-3-6-14)11-15-13-23-9-8-20(15)18(22)19-12-16-7-4-10-24-16/h1-7,10,15,17,21H,8-9,11-13H2,(H,19,22). The minimum absolute atomic E-state index is 0.100. The molecule has 2 unspecified atom stereocenters. The molecule has 1 aliphatic heterocycles. The van der Waals surface area contributed by atoms with E-state index in [4.69, 9.17) is 4.74 Å². The summed E-state index contributed by atoms with van der Waals surface area (Å²) in [5, 5.41) is 15.4. The Balaban J connectivity index is 1.59. The number of hydrogen-bond acceptors (Lipinski definition) is 4. The smallest absolute Gasteiger partial charge is 0.318 e. The molecule has 1 aliphatic rings. The minimum atomic E-state index is -0.606. The van der Waals surface area contributed by atoms with Gasteiger partial charge < -0.3 is 20.1 Å². The molecule has 5 nitrogen and oxygen atoms in total. The van der Waals surface area contributed by atoms with Gasteiger partial charge in [0.1, 0.15) is 0 Å². The Kier molecular flexibility index (Phi) is 5.85. The zero-order valence-electron chi connectivity index (χ0n) is 13.4. The maximum absolute atomic E-state index is 12.5. The van der Waals surface area contributed by atoms with Crippen LogP contribution in [-0.2, 0) is 11.3 Å². The summed E-state index contributed by atoms with van der Waals surface area (Å²) in [6.07, 6.45) is -0.137. The van der Waals surface area contributed by atoms with Gasteiger partial charge in [0.2, 0.25) is 0 Å². The van der Waals surface area contributed by atoms with Crippen LogP contribution < -0.4 is 5.32 Å². The van der Waals surface area contributed by atoms with Gasteiger partial charge in [-0.15, -0.1) is 11.3 Å². The maximum atomic E-state index is 12.5. The van der Waals surface area contributed by atoms with E-state index in [1.165, 1.54) is 0 Å².